The van der Waals surface area contributed by atoms with Crippen LogP contribution in [0, 0.1) is 0 Å². The lowest BCUT2D eigenvalue weighted by Crippen LogP contribution is -2.45. The number of nitrogens with zero attached hydrogens (tertiary/aromatic N) is 1. The summed E-state index contributed by atoms with van der Waals surface area (Å²) in [5.74, 6) is -0.707. The van der Waals surface area contributed by atoms with Crippen molar-refractivity contribution in [2.75, 3.05) is 5.75 Å². The number of carboxylic acid groups (broad SMARTS) is 1. The molecule has 1 N–H and O–H groups in total. The van der Waals surface area contributed by atoms with Gasteiger partial charge in [-0.2, -0.15) is 0 Å². The Labute approximate surface area is 125 Å². The molecular weight excluding hydrogens is 290 g/mol. The summed E-state index contributed by atoms with van der Waals surface area (Å²) in [7, 11) is 0. The number of amides is 1. The molecule has 5 nitrogen and oxygen atoms in total. The van der Waals surface area contributed by atoms with Gasteiger partial charge in [-0.15, -0.1) is 11.8 Å². The largest absolute Gasteiger partial charge is 0.480 e. The van der Waals surface area contributed by atoms with E-state index in [-0.39, 0.29) is 17.0 Å². The van der Waals surface area contributed by atoms with Crippen LogP contribution in [-0.2, 0) is 4.79 Å². The van der Waals surface area contributed by atoms with Crippen molar-refractivity contribution in [3.05, 3.63) is 36.1 Å². The molecule has 3 rings (SSSR count). The van der Waals surface area contributed by atoms with Crippen molar-refractivity contribution in [2.45, 2.75) is 24.8 Å². The van der Waals surface area contributed by atoms with Crippen LogP contribution in [-0.4, -0.2) is 39.1 Å². The highest BCUT2D eigenvalue weighted by Gasteiger charge is 2.42. The lowest BCUT2D eigenvalue weighted by atomic mass is 10.2. The highest BCUT2D eigenvalue weighted by Crippen LogP contribution is 2.33. The molecule has 6 heteroatoms. The number of carbonyl (C=O) groups is 2. The maximum absolute atomic E-state index is 12.7. The van der Waals surface area contributed by atoms with Gasteiger partial charge in [-0.1, -0.05) is 25.1 Å². The van der Waals surface area contributed by atoms with E-state index in [1.165, 1.54) is 16.7 Å². The monoisotopic (exact) mass is 305 g/mol. The minimum Gasteiger partial charge on any atom is -0.480 e. The van der Waals surface area contributed by atoms with Crippen LogP contribution in [0.15, 0.2) is 34.7 Å². The first-order chi connectivity index (χ1) is 10.1. The molecule has 0 spiro atoms. The van der Waals surface area contributed by atoms with Crippen molar-refractivity contribution in [1.29, 1.82) is 0 Å². The molecule has 2 unspecified atom stereocenters. The van der Waals surface area contributed by atoms with Crippen LogP contribution in [0.4, 0.5) is 0 Å². The fraction of sp³-hybridized carbons (Fsp3) is 0.333. The van der Waals surface area contributed by atoms with Gasteiger partial charge in [0.25, 0.3) is 5.91 Å². The molecule has 0 bridgehead atoms. The van der Waals surface area contributed by atoms with Gasteiger partial charge < -0.3 is 14.4 Å². The third-order valence-electron chi connectivity index (χ3n) is 3.60. The summed E-state index contributed by atoms with van der Waals surface area (Å²) >= 11 is 1.50. The van der Waals surface area contributed by atoms with Crippen LogP contribution in [0.1, 0.15) is 23.9 Å². The first-order valence-corrected chi connectivity index (χ1v) is 7.82. The molecule has 1 aliphatic heterocycles. The van der Waals surface area contributed by atoms with Gasteiger partial charge in [0, 0.05) is 11.1 Å². The standard InChI is InChI=1S/C15H15NO4S/c1-2-13-16(10(8-21-13)15(18)19)14(17)12-7-9-5-3-4-6-11(9)20-12/h3-7,10,13H,2,8H2,1H3,(H,18,19). The zero-order chi connectivity index (χ0) is 15.0. The van der Waals surface area contributed by atoms with E-state index in [4.69, 9.17) is 4.42 Å². The van der Waals surface area contributed by atoms with Crippen molar-refractivity contribution >= 4 is 34.6 Å². The average molecular weight is 305 g/mol. The summed E-state index contributed by atoms with van der Waals surface area (Å²) in [5.41, 5.74) is 0.632. The predicted molar refractivity (Wildman–Crippen MR) is 80.3 cm³/mol. The van der Waals surface area contributed by atoms with Crippen LogP contribution in [0.3, 0.4) is 0 Å². The van der Waals surface area contributed by atoms with Crippen LogP contribution in [0.2, 0.25) is 0 Å². The Balaban J connectivity index is 1.96. The smallest absolute Gasteiger partial charge is 0.327 e. The summed E-state index contributed by atoms with van der Waals surface area (Å²) < 4.78 is 5.57. The van der Waals surface area contributed by atoms with Gasteiger partial charge >= 0.3 is 5.97 Å². The highest BCUT2D eigenvalue weighted by atomic mass is 32.2. The number of benzene rings is 1. The van der Waals surface area contributed by atoms with E-state index in [1.54, 1.807) is 12.1 Å². The third kappa shape index (κ3) is 2.40. The second kappa shape index (κ2) is 5.44. The molecule has 110 valence electrons. The molecule has 0 radical (unpaired) electrons. The van der Waals surface area contributed by atoms with Crippen LogP contribution >= 0.6 is 11.8 Å². The second-order valence-electron chi connectivity index (χ2n) is 4.91. The summed E-state index contributed by atoms with van der Waals surface area (Å²) in [5, 5.41) is 10.0. The molecule has 1 aromatic heterocycles. The minimum atomic E-state index is -0.970. The van der Waals surface area contributed by atoms with Crippen molar-refractivity contribution < 1.29 is 19.1 Å². The molecule has 1 fully saturated rings. The molecule has 1 saturated heterocycles. The molecule has 21 heavy (non-hydrogen) atoms. The maximum Gasteiger partial charge on any atom is 0.327 e. The van der Waals surface area contributed by atoms with E-state index in [9.17, 15) is 14.7 Å². The van der Waals surface area contributed by atoms with Gasteiger partial charge in [0.1, 0.15) is 11.6 Å². The average Bonchev–Trinajstić information content (AvgIpc) is 3.09. The number of para-hydroxylation sites is 1. The van der Waals surface area contributed by atoms with Crippen LogP contribution < -0.4 is 0 Å². The normalized spacial score (nSPS) is 21.9. The van der Waals surface area contributed by atoms with E-state index in [1.807, 2.05) is 25.1 Å². The summed E-state index contributed by atoms with van der Waals surface area (Å²) in [6.07, 6.45) is 0.709. The van der Waals surface area contributed by atoms with E-state index in [0.29, 0.717) is 17.8 Å². The van der Waals surface area contributed by atoms with Gasteiger partial charge in [-0.25, -0.2) is 4.79 Å². The zero-order valence-corrected chi connectivity index (χ0v) is 12.3. The summed E-state index contributed by atoms with van der Waals surface area (Å²) in [4.78, 5) is 25.4. The zero-order valence-electron chi connectivity index (χ0n) is 11.5. The third-order valence-corrected chi connectivity index (χ3v) is 5.05. The first-order valence-electron chi connectivity index (χ1n) is 6.77. The SMILES string of the molecule is CCC1SCC(C(=O)O)N1C(=O)c1cc2ccccc2o1. The van der Waals surface area contributed by atoms with Gasteiger partial charge in [-0.05, 0) is 18.6 Å². The van der Waals surface area contributed by atoms with Gasteiger partial charge in [0.2, 0.25) is 0 Å². The van der Waals surface area contributed by atoms with E-state index < -0.39 is 12.0 Å². The molecule has 0 saturated carbocycles. The Morgan fingerprint density at radius 3 is 2.86 bits per heavy atom. The second-order valence-corrected chi connectivity index (χ2v) is 6.12. The highest BCUT2D eigenvalue weighted by molar-refractivity contribution is 8.00. The fourth-order valence-electron chi connectivity index (χ4n) is 2.56. The quantitative estimate of drug-likeness (QED) is 0.944. The number of fused-ring (bicyclic) bond motifs is 1. The number of aliphatic carboxylic acids is 1. The van der Waals surface area contributed by atoms with Crippen molar-refractivity contribution in [1.82, 2.24) is 4.90 Å². The molecule has 1 amide bonds. The number of carboxylic acids is 1. The van der Waals surface area contributed by atoms with E-state index >= 15 is 0 Å². The van der Waals surface area contributed by atoms with Crippen molar-refractivity contribution in [3.8, 4) is 0 Å². The Morgan fingerprint density at radius 2 is 2.19 bits per heavy atom. The van der Waals surface area contributed by atoms with E-state index in [0.717, 1.165) is 5.39 Å². The molecular formula is C15H15NO4S. The minimum absolute atomic E-state index is 0.119. The van der Waals surface area contributed by atoms with Gasteiger partial charge in [0.05, 0.1) is 5.37 Å². The Bertz CT molecular complexity index is 663. The van der Waals surface area contributed by atoms with E-state index in [2.05, 4.69) is 0 Å². The fourth-order valence-corrected chi connectivity index (χ4v) is 3.90. The lowest BCUT2D eigenvalue weighted by Gasteiger charge is -2.25. The summed E-state index contributed by atoms with van der Waals surface area (Å²) in [6.45, 7) is 1.95. The Morgan fingerprint density at radius 1 is 1.43 bits per heavy atom. The molecule has 2 atom stereocenters. The number of furan rings is 1. The predicted octanol–water partition coefficient (Wildman–Crippen LogP) is 2.81. The molecule has 1 aliphatic rings. The number of carbonyl (C=O) groups excluding carboxylic acids is 1. The Hall–Kier alpha value is -1.95. The van der Waals surface area contributed by atoms with Crippen LogP contribution in [0.25, 0.3) is 11.0 Å². The number of hydrogen-bond donors (Lipinski definition) is 1. The Kier molecular flexibility index (Phi) is 3.63. The summed E-state index contributed by atoms with van der Waals surface area (Å²) in [6, 6.07) is 8.23. The first kappa shape index (κ1) is 14.0. The number of thioether (sulfide) groups is 1. The van der Waals surface area contributed by atoms with Crippen LogP contribution in [0.5, 0.6) is 0 Å². The van der Waals surface area contributed by atoms with Gasteiger partial charge in [0.15, 0.2) is 5.76 Å². The molecule has 0 aliphatic carbocycles. The van der Waals surface area contributed by atoms with Crippen molar-refractivity contribution in [2.24, 2.45) is 0 Å². The molecule has 2 heterocycles. The molecule has 2 aromatic rings. The number of hydrogen-bond acceptors (Lipinski definition) is 4. The maximum atomic E-state index is 12.7. The lowest BCUT2D eigenvalue weighted by molar-refractivity contribution is -0.141. The number of rotatable bonds is 3. The molecule has 1 aromatic carbocycles. The topological polar surface area (TPSA) is 70.8 Å². The van der Waals surface area contributed by atoms with Crippen molar-refractivity contribution in [3.63, 3.8) is 0 Å². The van der Waals surface area contributed by atoms with Gasteiger partial charge in [-0.3, -0.25) is 4.79 Å².